The van der Waals surface area contributed by atoms with Crippen LogP contribution in [0.5, 0.6) is 0 Å². The van der Waals surface area contributed by atoms with Crippen molar-refractivity contribution in [2.24, 2.45) is 0 Å². The molecule has 0 aliphatic carbocycles. The largest absolute Gasteiger partial charge is 0.416 e. The number of hydrogen-bond donors (Lipinski definition) is 1. The number of benzene rings is 2. The molecule has 0 radical (unpaired) electrons. The van der Waals surface area contributed by atoms with Crippen LogP contribution < -0.4 is 0 Å². The first kappa shape index (κ1) is 22.9. The first-order valence-electron chi connectivity index (χ1n) is 9.95. The average molecular weight is 436 g/mol. The maximum Gasteiger partial charge on any atom is 0.416 e. The quantitative estimate of drug-likeness (QED) is 0.404. The molecule has 2 aromatic rings. The highest BCUT2D eigenvalue weighted by Crippen LogP contribution is 2.36. The summed E-state index contributed by atoms with van der Waals surface area (Å²) in [6.45, 7) is 0.996. The monoisotopic (exact) mass is 436 g/mol. The van der Waals surface area contributed by atoms with Crippen LogP contribution in [0.4, 0.5) is 13.2 Å². The lowest BCUT2D eigenvalue weighted by Gasteiger charge is -2.38. The molecule has 0 spiro atoms. The number of halogens is 3. The Kier molecular flexibility index (Phi) is 6.76. The maximum atomic E-state index is 13.0. The fourth-order valence-electron chi connectivity index (χ4n) is 3.85. The summed E-state index contributed by atoms with van der Waals surface area (Å²) in [5, 5.41) is 22.3. The van der Waals surface area contributed by atoms with Crippen molar-refractivity contribution in [3.05, 3.63) is 81.4 Å². The van der Waals surface area contributed by atoms with Gasteiger partial charge in [0.2, 0.25) is 5.78 Å². The molecule has 166 valence electrons. The highest BCUT2D eigenvalue weighted by atomic mass is 19.4. The average Bonchev–Trinajstić information content (AvgIpc) is 2.75. The number of rotatable bonds is 7. The highest BCUT2D eigenvalue weighted by molar-refractivity contribution is 5.99. The van der Waals surface area contributed by atoms with E-state index in [0.717, 1.165) is 12.1 Å². The summed E-state index contributed by atoms with van der Waals surface area (Å²) in [6, 6.07) is 11.4. The zero-order valence-electron chi connectivity index (χ0n) is 16.7. The molecule has 0 amide bonds. The number of likely N-dealkylation sites (tertiary alicyclic amines) is 1. The molecule has 9 heteroatoms. The van der Waals surface area contributed by atoms with E-state index in [9.17, 15) is 33.2 Å². The SMILES string of the molecule is O=C(c1ccccc1)C(CCN1CCC(O)(c2cccc(C(F)(F)F)c2)CC1)[N+](=O)[O-]. The van der Waals surface area contributed by atoms with Crippen LogP contribution in [0.25, 0.3) is 0 Å². The Balaban J connectivity index is 1.60. The Hall–Kier alpha value is -2.78. The third-order valence-electron chi connectivity index (χ3n) is 5.74. The van der Waals surface area contributed by atoms with E-state index in [0.29, 0.717) is 13.1 Å². The maximum absolute atomic E-state index is 13.0. The highest BCUT2D eigenvalue weighted by Gasteiger charge is 2.38. The van der Waals surface area contributed by atoms with Gasteiger partial charge in [-0.25, -0.2) is 0 Å². The van der Waals surface area contributed by atoms with Crippen LogP contribution in [0.2, 0.25) is 0 Å². The van der Waals surface area contributed by atoms with Crippen molar-refractivity contribution in [3.63, 3.8) is 0 Å². The predicted octanol–water partition coefficient (Wildman–Crippen LogP) is 3.91. The molecule has 6 nitrogen and oxygen atoms in total. The van der Waals surface area contributed by atoms with Crippen molar-refractivity contribution in [1.29, 1.82) is 0 Å². The van der Waals surface area contributed by atoms with Crippen molar-refractivity contribution >= 4 is 5.78 Å². The van der Waals surface area contributed by atoms with E-state index in [1.165, 1.54) is 24.3 Å². The third kappa shape index (κ3) is 5.48. The summed E-state index contributed by atoms with van der Waals surface area (Å²) in [5.41, 5.74) is -1.71. The molecular weight excluding hydrogens is 413 g/mol. The number of ketones is 1. The first-order valence-corrected chi connectivity index (χ1v) is 9.95. The number of piperidine rings is 1. The number of carbonyl (C=O) groups is 1. The standard InChI is InChI=1S/C22H23F3N2O4/c23-22(24,25)18-8-4-7-17(15-18)21(29)10-13-26(14-11-21)12-9-19(27(30)31)20(28)16-5-2-1-3-6-16/h1-8,15,19,29H,9-14H2. The Bertz CT molecular complexity index is 926. The molecule has 1 aliphatic heterocycles. The first-order chi connectivity index (χ1) is 14.6. The van der Waals surface area contributed by atoms with Crippen LogP contribution in [-0.4, -0.2) is 46.4 Å². The van der Waals surface area contributed by atoms with Gasteiger partial charge in [-0.05, 0) is 30.5 Å². The van der Waals surface area contributed by atoms with E-state index in [1.807, 2.05) is 4.90 Å². The van der Waals surface area contributed by atoms with Crippen molar-refractivity contribution in [1.82, 2.24) is 4.90 Å². The van der Waals surface area contributed by atoms with E-state index in [2.05, 4.69) is 0 Å². The van der Waals surface area contributed by atoms with Crippen molar-refractivity contribution in [2.75, 3.05) is 19.6 Å². The summed E-state index contributed by atoms with van der Waals surface area (Å²) in [7, 11) is 0. The minimum absolute atomic E-state index is 0.0166. The van der Waals surface area contributed by atoms with Crippen molar-refractivity contribution in [2.45, 2.75) is 37.1 Å². The number of Topliss-reactive ketones (excluding diaryl/α,β-unsaturated/α-hetero) is 1. The van der Waals surface area contributed by atoms with Crippen LogP contribution in [0.3, 0.4) is 0 Å². The van der Waals surface area contributed by atoms with Gasteiger partial charge in [0.15, 0.2) is 0 Å². The van der Waals surface area contributed by atoms with Crippen LogP contribution in [0, 0.1) is 10.1 Å². The van der Waals surface area contributed by atoms with E-state index in [-0.39, 0.29) is 36.9 Å². The summed E-state index contributed by atoms with van der Waals surface area (Å²) in [4.78, 5) is 25.2. The molecule has 0 aromatic heterocycles. The fourth-order valence-corrected chi connectivity index (χ4v) is 3.85. The molecule has 0 bridgehead atoms. The lowest BCUT2D eigenvalue weighted by Crippen LogP contribution is -2.44. The molecule has 1 fully saturated rings. The Morgan fingerprint density at radius 2 is 1.77 bits per heavy atom. The van der Waals surface area contributed by atoms with E-state index in [1.54, 1.807) is 18.2 Å². The van der Waals surface area contributed by atoms with Gasteiger partial charge < -0.3 is 10.0 Å². The van der Waals surface area contributed by atoms with Gasteiger partial charge >= 0.3 is 6.18 Å². The van der Waals surface area contributed by atoms with Crippen molar-refractivity contribution < 1.29 is 28.0 Å². The molecule has 1 saturated heterocycles. The van der Waals surface area contributed by atoms with Crippen LogP contribution in [0.15, 0.2) is 54.6 Å². The number of aliphatic hydroxyl groups is 1. The summed E-state index contributed by atoms with van der Waals surface area (Å²) >= 11 is 0. The van der Waals surface area contributed by atoms with Crippen LogP contribution >= 0.6 is 0 Å². The second kappa shape index (κ2) is 9.15. The zero-order valence-corrected chi connectivity index (χ0v) is 16.7. The molecule has 1 N–H and O–H groups in total. The summed E-state index contributed by atoms with van der Waals surface area (Å²) in [6.07, 6.45) is -4.08. The zero-order chi connectivity index (χ0) is 22.6. The second-order valence-electron chi connectivity index (χ2n) is 7.77. The minimum atomic E-state index is -4.49. The van der Waals surface area contributed by atoms with Gasteiger partial charge in [0.1, 0.15) is 0 Å². The lowest BCUT2D eigenvalue weighted by molar-refractivity contribution is -0.506. The smallest absolute Gasteiger partial charge is 0.385 e. The van der Waals surface area contributed by atoms with Gasteiger partial charge in [0.25, 0.3) is 6.04 Å². The molecule has 2 aromatic carbocycles. The number of nitrogens with zero attached hydrogens (tertiary/aromatic N) is 2. The Morgan fingerprint density at radius 1 is 1.13 bits per heavy atom. The minimum Gasteiger partial charge on any atom is -0.385 e. The van der Waals surface area contributed by atoms with E-state index >= 15 is 0 Å². The van der Waals surface area contributed by atoms with Gasteiger partial charge in [-0.15, -0.1) is 0 Å². The van der Waals surface area contributed by atoms with Gasteiger partial charge in [-0.2, -0.15) is 13.2 Å². The Morgan fingerprint density at radius 3 is 2.35 bits per heavy atom. The molecule has 1 aliphatic rings. The molecule has 31 heavy (non-hydrogen) atoms. The predicted molar refractivity (Wildman–Crippen MR) is 107 cm³/mol. The van der Waals surface area contributed by atoms with Gasteiger partial charge in [-0.1, -0.05) is 42.5 Å². The fraction of sp³-hybridized carbons (Fsp3) is 0.409. The number of hydrogen-bond acceptors (Lipinski definition) is 5. The van der Waals surface area contributed by atoms with Gasteiger partial charge in [-0.3, -0.25) is 14.9 Å². The molecule has 1 unspecified atom stereocenters. The van der Waals surface area contributed by atoms with Gasteiger partial charge in [0, 0.05) is 36.5 Å². The normalized spacial score (nSPS) is 17.8. The molecule has 3 rings (SSSR count). The van der Waals surface area contributed by atoms with Crippen molar-refractivity contribution in [3.8, 4) is 0 Å². The van der Waals surface area contributed by atoms with Crippen LogP contribution in [0.1, 0.15) is 40.7 Å². The summed E-state index contributed by atoms with van der Waals surface area (Å²) in [5.74, 6) is -0.553. The molecule has 0 saturated carbocycles. The molecular formula is C22H23F3N2O4. The topological polar surface area (TPSA) is 83.7 Å². The van der Waals surface area contributed by atoms with E-state index < -0.39 is 34.1 Å². The third-order valence-corrected chi connectivity index (χ3v) is 5.74. The van der Waals surface area contributed by atoms with Gasteiger partial charge in [0.05, 0.1) is 11.2 Å². The number of nitro groups is 1. The summed E-state index contributed by atoms with van der Waals surface area (Å²) < 4.78 is 38.9. The molecule has 1 heterocycles. The molecule has 1 atom stereocenters. The van der Waals surface area contributed by atoms with E-state index in [4.69, 9.17) is 0 Å². The van der Waals surface area contributed by atoms with Crippen LogP contribution in [-0.2, 0) is 11.8 Å². The Labute approximate surface area is 177 Å². The number of carbonyl (C=O) groups excluding carboxylic acids is 1. The number of alkyl halides is 3. The lowest BCUT2D eigenvalue weighted by atomic mass is 9.83. The second-order valence-corrected chi connectivity index (χ2v) is 7.77.